The van der Waals surface area contributed by atoms with Gasteiger partial charge >= 0.3 is 5.97 Å². The van der Waals surface area contributed by atoms with E-state index in [1.165, 1.54) is 6.08 Å². The SMILES string of the molecule is C[C@@H]1CC[C@@H](O)[C@H]2O[C@@H]2/C=C\C(=O)O1. The summed E-state index contributed by atoms with van der Waals surface area (Å²) in [5, 5.41) is 9.63. The zero-order valence-electron chi connectivity index (χ0n) is 8.05. The van der Waals surface area contributed by atoms with E-state index in [1.54, 1.807) is 6.08 Å². The summed E-state index contributed by atoms with van der Waals surface area (Å²) in [5.74, 6) is -0.330. The lowest BCUT2D eigenvalue weighted by atomic mass is 10.1. The van der Waals surface area contributed by atoms with E-state index in [0.29, 0.717) is 12.8 Å². The van der Waals surface area contributed by atoms with Gasteiger partial charge in [-0.05, 0) is 25.8 Å². The van der Waals surface area contributed by atoms with E-state index in [0.717, 1.165) is 0 Å². The molecule has 1 N–H and O–H groups in total. The van der Waals surface area contributed by atoms with Crippen molar-refractivity contribution in [1.29, 1.82) is 0 Å². The summed E-state index contributed by atoms with van der Waals surface area (Å²) in [6.07, 6.45) is 3.50. The Bertz CT molecular complexity index is 261. The summed E-state index contributed by atoms with van der Waals surface area (Å²) in [7, 11) is 0. The topological polar surface area (TPSA) is 59.1 Å². The summed E-state index contributed by atoms with van der Waals surface area (Å²) in [4.78, 5) is 11.1. The minimum Gasteiger partial charge on any atom is -0.460 e. The van der Waals surface area contributed by atoms with Gasteiger partial charge in [-0.2, -0.15) is 0 Å². The maximum Gasteiger partial charge on any atom is 0.330 e. The van der Waals surface area contributed by atoms with E-state index in [9.17, 15) is 9.90 Å². The van der Waals surface area contributed by atoms with E-state index in [1.807, 2.05) is 6.92 Å². The maximum atomic E-state index is 11.1. The largest absolute Gasteiger partial charge is 0.460 e. The van der Waals surface area contributed by atoms with Gasteiger partial charge in [-0.1, -0.05) is 0 Å². The smallest absolute Gasteiger partial charge is 0.330 e. The first-order chi connectivity index (χ1) is 6.66. The first-order valence-electron chi connectivity index (χ1n) is 4.89. The van der Waals surface area contributed by atoms with Gasteiger partial charge in [-0.3, -0.25) is 0 Å². The van der Waals surface area contributed by atoms with E-state index in [-0.39, 0.29) is 24.3 Å². The van der Waals surface area contributed by atoms with Crippen LogP contribution in [0.3, 0.4) is 0 Å². The van der Waals surface area contributed by atoms with Crippen LogP contribution in [0.4, 0.5) is 0 Å². The first kappa shape index (κ1) is 9.68. The molecule has 0 saturated carbocycles. The molecule has 0 aromatic carbocycles. The maximum absolute atomic E-state index is 11.1. The van der Waals surface area contributed by atoms with Crippen molar-refractivity contribution in [3.05, 3.63) is 12.2 Å². The Morgan fingerprint density at radius 2 is 2.29 bits per heavy atom. The van der Waals surface area contributed by atoms with Crippen LogP contribution in [-0.4, -0.2) is 35.5 Å². The van der Waals surface area contributed by atoms with Crippen LogP contribution in [-0.2, 0) is 14.3 Å². The standard InChI is InChI=1S/C10H14O4/c1-6-2-3-7(11)10-8(14-10)4-5-9(12)13-6/h4-8,10-11H,2-3H2,1H3/b5-4-/t6-,7-,8-,10-/m1/s1. The van der Waals surface area contributed by atoms with Crippen molar-refractivity contribution in [3.8, 4) is 0 Å². The Morgan fingerprint density at radius 1 is 1.50 bits per heavy atom. The van der Waals surface area contributed by atoms with Crippen molar-refractivity contribution in [2.24, 2.45) is 0 Å². The molecule has 2 aliphatic heterocycles. The Labute approximate surface area is 82.5 Å². The van der Waals surface area contributed by atoms with Gasteiger partial charge in [-0.15, -0.1) is 0 Å². The van der Waals surface area contributed by atoms with Gasteiger partial charge in [0.2, 0.25) is 0 Å². The minimum absolute atomic E-state index is 0.106. The van der Waals surface area contributed by atoms with E-state index >= 15 is 0 Å². The molecule has 0 aliphatic carbocycles. The lowest BCUT2D eigenvalue weighted by Gasteiger charge is -2.14. The molecule has 4 nitrogen and oxygen atoms in total. The predicted octanol–water partition coefficient (Wildman–Crippen LogP) is 0.396. The number of carbonyl (C=O) groups is 1. The van der Waals surface area contributed by atoms with Crippen LogP contribution >= 0.6 is 0 Å². The Kier molecular flexibility index (Phi) is 2.56. The second-order valence-corrected chi connectivity index (χ2v) is 3.82. The molecule has 14 heavy (non-hydrogen) atoms. The van der Waals surface area contributed by atoms with Crippen molar-refractivity contribution in [2.75, 3.05) is 0 Å². The van der Waals surface area contributed by atoms with Crippen LogP contribution in [0.15, 0.2) is 12.2 Å². The van der Waals surface area contributed by atoms with E-state index in [4.69, 9.17) is 9.47 Å². The van der Waals surface area contributed by atoms with Crippen LogP contribution < -0.4 is 0 Å². The number of cyclic esters (lactones) is 1. The van der Waals surface area contributed by atoms with Crippen LogP contribution in [0.2, 0.25) is 0 Å². The molecular weight excluding hydrogens is 184 g/mol. The average Bonchev–Trinajstić information content (AvgIpc) is 2.89. The number of fused-ring (bicyclic) bond motifs is 1. The molecule has 2 rings (SSSR count). The Morgan fingerprint density at radius 3 is 3.07 bits per heavy atom. The number of carbonyl (C=O) groups excluding carboxylic acids is 1. The molecule has 4 heteroatoms. The second kappa shape index (κ2) is 3.71. The number of aliphatic hydroxyl groups is 1. The average molecular weight is 198 g/mol. The molecule has 1 saturated heterocycles. The third-order valence-electron chi connectivity index (χ3n) is 2.55. The van der Waals surface area contributed by atoms with Crippen LogP contribution in [0.1, 0.15) is 19.8 Å². The summed E-state index contributed by atoms with van der Waals surface area (Å²) < 4.78 is 10.2. The van der Waals surface area contributed by atoms with Crippen molar-refractivity contribution < 1.29 is 19.4 Å². The second-order valence-electron chi connectivity index (χ2n) is 3.82. The van der Waals surface area contributed by atoms with Gasteiger partial charge in [-0.25, -0.2) is 4.79 Å². The fourth-order valence-electron chi connectivity index (χ4n) is 1.64. The molecule has 1 fully saturated rings. The van der Waals surface area contributed by atoms with Crippen LogP contribution in [0.25, 0.3) is 0 Å². The first-order valence-corrected chi connectivity index (χ1v) is 4.89. The minimum atomic E-state index is -0.441. The molecule has 2 heterocycles. The van der Waals surface area contributed by atoms with Crippen molar-refractivity contribution in [1.82, 2.24) is 0 Å². The zero-order valence-corrected chi connectivity index (χ0v) is 8.05. The molecule has 0 bridgehead atoms. The highest BCUT2D eigenvalue weighted by Gasteiger charge is 2.42. The Hall–Kier alpha value is -0.870. The van der Waals surface area contributed by atoms with Crippen molar-refractivity contribution in [3.63, 3.8) is 0 Å². The van der Waals surface area contributed by atoms with Gasteiger partial charge in [0.1, 0.15) is 12.2 Å². The van der Waals surface area contributed by atoms with Crippen LogP contribution in [0.5, 0.6) is 0 Å². The normalized spacial score (nSPS) is 44.9. The molecule has 78 valence electrons. The summed E-state index contributed by atoms with van der Waals surface area (Å²) in [6.45, 7) is 1.82. The number of esters is 1. The van der Waals surface area contributed by atoms with Gasteiger partial charge in [0.15, 0.2) is 0 Å². The van der Waals surface area contributed by atoms with Gasteiger partial charge in [0.05, 0.1) is 12.2 Å². The fourth-order valence-corrected chi connectivity index (χ4v) is 1.64. The van der Waals surface area contributed by atoms with Crippen molar-refractivity contribution >= 4 is 5.97 Å². The quantitative estimate of drug-likeness (QED) is 0.452. The van der Waals surface area contributed by atoms with Gasteiger partial charge < -0.3 is 14.6 Å². The zero-order chi connectivity index (χ0) is 10.1. The number of hydrogen-bond donors (Lipinski definition) is 1. The number of hydrogen-bond acceptors (Lipinski definition) is 4. The number of rotatable bonds is 0. The number of ether oxygens (including phenoxy) is 2. The molecule has 0 amide bonds. The lowest BCUT2D eigenvalue weighted by Crippen LogP contribution is -2.22. The molecule has 0 aromatic heterocycles. The number of aliphatic hydroxyl groups excluding tert-OH is 1. The highest BCUT2D eigenvalue weighted by molar-refractivity contribution is 5.82. The highest BCUT2D eigenvalue weighted by atomic mass is 16.6. The molecule has 2 aliphatic rings. The fraction of sp³-hybridized carbons (Fsp3) is 0.700. The summed E-state index contributed by atoms with van der Waals surface area (Å²) >= 11 is 0. The number of epoxide rings is 1. The summed E-state index contributed by atoms with van der Waals surface area (Å²) in [5.41, 5.74) is 0. The monoisotopic (exact) mass is 198 g/mol. The summed E-state index contributed by atoms with van der Waals surface area (Å²) in [6, 6.07) is 0. The van der Waals surface area contributed by atoms with E-state index < -0.39 is 6.10 Å². The van der Waals surface area contributed by atoms with E-state index in [2.05, 4.69) is 0 Å². The molecule has 0 unspecified atom stereocenters. The third kappa shape index (κ3) is 2.13. The third-order valence-corrected chi connectivity index (χ3v) is 2.55. The molecule has 0 spiro atoms. The van der Waals surface area contributed by atoms with Crippen molar-refractivity contribution in [2.45, 2.75) is 44.2 Å². The molecular formula is C10H14O4. The van der Waals surface area contributed by atoms with Gasteiger partial charge in [0, 0.05) is 6.08 Å². The molecule has 0 aromatic rings. The highest BCUT2D eigenvalue weighted by Crippen LogP contribution is 2.29. The Balaban J connectivity index is 2.02. The molecule has 0 radical (unpaired) electrons. The predicted molar refractivity (Wildman–Crippen MR) is 48.6 cm³/mol. The van der Waals surface area contributed by atoms with Gasteiger partial charge in [0.25, 0.3) is 0 Å². The molecule has 4 atom stereocenters. The van der Waals surface area contributed by atoms with Crippen LogP contribution in [0, 0.1) is 0 Å². The lowest BCUT2D eigenvalue weighted by molar-refractivity contribution is -0.142.